The lowest BCUT2D eigenvalue weighted by Gasteiger charge is -2.11. The summed E-state index contributed by atoms with van der Waals surface area (Å²) in [5, 5.41) is 2.70. The molecule has 5 nitrogen and oxygen atoms in total. The van der Waals surface area contributed by atoms with Crippen LogP contribution in [0.2, 0.25) is 0 Å². The lowest BCUT2D eigenvalue weighted by Crippen LogP contribution is -2.39. The van der Waals surface area contributed by atoms with E-state index in [1.165, 1.54) is 7.11 Å². The number of methoxy groups -OCH3 is 1. The van der Waals surface area contributed by atoms with E-state index >= 15 is 0 Å². The number of carbonyl (C=O) groups is 1. The van der Waals surface area contributed by atoms with Gasteiger partial charge in [0.2, 0.25) is 5.91 Å². The summed E-state index contributed by atoms with van der Waals surface area (Å²) in [7, 11) is 1.50. The van der Waals surface area contributed by atoms with Crippen molar-refractivity contribution in [3.8, 4) is 5.75 Å². The lowest BCUT2D eigenvalue weighted by molar-refractivity contribution is -0.118. The van der Waals surface area contributed by atoms with Crippen molar-refractivity contribution in [2.75, 3.05) is 25.6 Å². The highest BCUT2D eigenvalue weighted by Gasteiger charge is 2.12. The molecule has 0 spiro atoms. The Bertz CT molecular complexity index is 351. The monoisotopic (exact) mass is 238 g/mol. The molecule has 5 heteroatoms. The molecule has 1 amide bonds. The van der Waals surface area contributed by atoms with E-state index in [9.17, 15) is 4.79 Å². The van der Waals surface area contributed by atoms with Gasteiger partial charge in [-0.25, -0.2) is 0 Å². The molecule has 0 aliphatic heterocycles. The molecule has 3 N–H and O–H groups in total. The van der Waals surface area contributed by atoms with Crippen LogP contribution < -0.4 is 15.8 Å². The maximum absolute atomic E-state index is 11.6. The van der Waals surface area contributed by atoms with Gasteiger partial charge in [-0.3, -0.25) is 4.79 Å². The first-order valence-corrected chi connectivity index (χ1v) is 5.45. The minimum absolute atomic E-state index is 0.197. The van der Waals surface area contributed by atoms with Crippen LogP contribution in [0.15, 0.2) is 24.3 Å². The quantitative estimate of drug-likeness (QED) is 0.775. The molecular weight excluding hydrogens is 220 g/mol. The molecule has 1 atom stereocenters. The molecule has 1 unspecified atom stereocenters. The SMILES string of the molecule is CCOc1ccc(NC(=O)C(N)COC)cc1. The Labute approximate surface area is 101 Å². The fourth-order valence-corrected chi connectivity index (χ4v) is 1.29. The standard InChI is InChI=1S/C12H18N2O3/c1-3-17-10-6-4-9(5-7-10)14-12(15)11(13)8-16-2/h4-7,11H,3,8,13H2,1-2H3,(H,14,15). The predicted octanol–water partition coefficient (Wildman–Crippen LogP) is 0.997. The zero-order valence-corrected chi connectivity index (χ0v) is 10.1. The molecule has 0 radical (unpaired) electrons. The van der Waals surface area contributed by atoms with Gasteiger partial charge in [0.1, 0.15) is 11.8 Å². The summed E-state index contributed by atoms with van der Waals surface area (Å²) in [5.41, 5.74) is 6.28. The van der Waals surface area contributed by atoms with Crippen LogP contribution in [-0.4, -0.2) is 32.3 Å². The number of amides is 1. The van der Waals surface area contributed by atoms with Crippen molar-refractivity contribution in [1.29, 1.82) is 0 Å². The Morgan fingerprint density at radius 3 is 2.59 bits per heavy atom. The predicted molar refractivity (Wildman–Crippen MR) is 66.1 cm³/mol. The van der Waals surface area contributed by atoms with E-state index in [1.54, 1.807) is 24.3 Å². The average Bonchev–Trinajstić information content (AvgIpc) is 2.32. The summed E-state index contributed by atoms with van der Waals surface area (Å²) in [5.74, 6) is 0.502. The number of carbonyl (C=O) groups excluding carboxylic acids is 1. The third kappa shape index (κ3) is 4.42. The first-order valence-electron chi connectivity index (χ1n) is 5.45. The smallest absolute Gasteiger partial charge is 0.243 e. The van der Waals surface area contributed by atoms with E-state index < -0.39 is 6.04 Å². The number of hydrogen-bond donors (Lipinski definition) is 2. The summed E-state index contributed by atoms with van der Waals surface area (Å²) in [6.45, 7) is 2.73. The van der Waals surface area contributed by atoms with Gasteiger partial charge in [-0.1, -0.05) is 0 Å². The third-order valence-corrected chi connectivity index (χ3v) is 2.12. The van der Waals surface area contributed by atoms with Gasteiger partial charge in [0.15, 0.2) is 0 Å². The molecular formula is C12H18N2O3. The third-order valence-electron chi connectivity index (χ3n) is 2.12. The highest BCUT2D eigenvalue weighted by atomic mass is 16.5. The molecule has 0 heterocycles. The van der Waals surface area contributed by atoms with E-state index in [4.69, 9.17) is 15.2 Å². The minimum atomic E-state index is -0.661. The number of benzene rings is 1. The fraction of sp³-hybridized carbons (Fsp3) is 0.417. The van der Waals surface area contributed by atoms with Gasteiger partial charge < -0.3 is 20.5 Å². The van der Waals surface area contributed by atoms with Gasteiger partial charge in [0, 0.05) is 12.8 Å². The molecule has 94 valence electrons. The average molecular weight is 238 g/mol. The molecule has 1 aromatic rings. The summed E-state index contributed by atoms with van der Waals surface area (Å²) < 4.78 is 10.1. The Balaban J connectivity index is 2.53. The van der Waals surface area contributed by atoms with Crippen molar-refractivity contribution >= 4 is 11.6 Å². The highest BCUT2D eigenvalue weighted by Crippen LogP contribution is 2.15. The van der Waals surface area contributed by atoms with Crippen LogP contribution in [0.1, 0.15) is 6.92 Å². The van der Waals surface area contributed by atoms with Gasteiger partial charge in [0.05, 0.1) is 13.2 Å². The zero-order valence-electron chi connectivity index (χ0n) is 10.1. The molecule has 1 rings (SSSR count). The number of hydrogen-bond acceptors (Lipinski definition) is 4. The van der Waals surface area contributed by atoms with Crippen molar-refractivity contribution in [2.24, 2.45) is 5.73 Å². The minimum Gasteiger partial charge on any atom is -0.494 e. The molecule has 1 aromatic carbocycles. The van der Waals surface area contributed by atoms with E-state index in [1.807, 2.05) is 6.92 Å². The van der Waals surface area contributed by atoms with Crippen LogP contribution in [0.4, 0.5) is 5.69 Å². The molecule has 0 aliphatic rings. The maximum atomic E-state index is 11.6. The number of nitrogens with two attached hydrogens (primary N) is 1. The lowest BCUT2D eigenvalue weighted by atomic mass is 10.2. The first kappa shape index (κ1) is 13.5. The Hall–Kier alpha value is -1.59. The van der Waals surface area contributed by atoms with Crippen molar-refractivity contribution in [1.82, 2.24) is 0 Å². The van der Waals surface area contributed by atoms with Gasteiger partial charge in [-0.15, -0.1) is 0 Å². The van der Waals surface area contributed by atoms with Gasteiger partial charge in [0.25, 0.3) is 0 Å². The van der Waals surface area contributed by atoms with Crippen LogP contribution >= 0.6 is 0 Å². The fourth-order valence-electron chi connectivity index (χ4n) is 1.29. The maximum Gasteiger partial charge on any atom is 0.243 e. The highest BCUT2D eigenvalue weighted by molar-refractivity contribution is 5.94. The van der Waals surface area contributed by atoms with E-state index in [0.717, 1.165) is 5.75 Å². The second-order valence-corrected chi connectivity index (χ2v) is 3.51. The Kier molecular flexibility index (Phi) is 5.45. The second-order valence-electron chi connectivity index (χ2n) is 3.51. The molecule has 0 bridgehead atoms. The Morgan fingerprint density at radius 2 is 2.06 bits per heavy atom. The molecule has 0 saturated carbocycles. The molecule has 0 saturated heterocycles. The molecule has 17 heavy (non-hydrogen) atoms. The molecule has 0 fully saturated rings. The van der Waals surface area contributed by atoms with E-state index in [-0.39, 0.29) is 12.5 Å². The number of nitrogens with one attached hydrogen (secondary N) is 1. The van der Waals surface area contributed by atoms with E-state index in [0.29, 0.717) is 12.3 Å². The van der Waals surface area contributed by atoms with Crippen LogP contribution in [0.5, 0.6) is 5.75 Å². The van der Waals surface area contributed by atoms with Crippen molar-refractivity contribution in [3.05, 3.63) is 24.3 Å². The van der Waals surface area contributed by atoms with Crippen molar-refractivity contribution in [2.45, 2.75) is 13.0 Å². The Morgan fingerprint density at radius 1 is 1.41 bits per heavy atom. The summed E-state index contributed by atoms with van der Waals surface area (Å²) in [6.07, 6.45) is 0. The topological polar surface area (TPSA) is 73.6 Å². The first-order chi connectivity index (χ1) is 8.17. The largest absolute Gasteiger partial charge is 0.494 e. The van der Waals surface area contributed by atoms with Crippen molar-refractivity contribution in [3.63, 3.8) is 0 Å². The van der Waals surface area contributed by atoms with Crippen LogP contribution in [-0.2, 0) is 9.53 Å². The number of anilines is 1. The summed E-state index contributed by atoms with van der Waals surface area (Å²) in [4.78, 5) is 11.6. The molecule has 0 aliphatic carbocycles. The van der Waals surface area contributed by atoms with E-state index in [2.05, 4.69) is 5.32 Å². The summed E-state index contributed by atoms with van der Waals surface area (Å²) >= 11 is 0. The molecule has 0 aromatic heterocycles. The van der Waals surface area contributed by atoms with Crippen LogP contribution in [0.25, 0.3) is 0 Å². The van der Waals surface area contributed by atoms with Crippen molar-refractivity contribution < 1.29 is 14.3 Å². The zero-order chi connectivity index (χ0) is 12.7. The van der Waals surface area contributed by atoms with Crippen LogP contribution in [0.3, 0.4) is 0 Å². The normalized spacial score (nSPS) is 11.9. The summed E-state index contributed by atoms with van der Waals surface area (Å²) in [6, 6.07) is 6.46. The number of ether oxygens (including phenoxy) is 2. The van der Waals surface area contributed by atoms with Crippen LogP contribution in [0, 0.1) is 0 Å². The van der Waals surface area contributed by atoms with Gasteiger partial charge in [-0.05, 0) is 31.2 Å². The second kappa shape index (κ2) is 6.88. The van der Waals surface area contributed by atoms with Gasteiger partial charge >= 0.3 is 0 Å². The number of rotatable bonds is 6. The van der Waals surface area contributed by atoms with Gasteiger partial charge in [-0.2, -0.15) is 0 Å².